The molecule has 37 heavy (non-hydrogen) atoms. The predicted octanol–water partition coefficient (Wildman–Crippen LogP) is 3.91. The third-order valence-electron chi connectivity index (χ3n) is 5.21. The number of nitrogens with two attached hydrogens (primary N) is 3. The molecule has 1 atom stereocenters. The van der Waals surface area contributed by atoms with E-state index in [-0.39, 0.29) is 5.91 Å². The lowest BCUT2D eigenvalue weighted by molar-refractivity contribution is -0.139. The number of carbonyl (C=O) groups excluding carboxylic acids is 2. The van der Waals surface area contributed by atoms with Gasteiger partial charge in [0.1, 0.15) is 12.3 Å². The van der Waals surface area contributed by atoms with E-state index < -0.39 is 18.0 Å². The highest BCUT2D eigenvalue weighted by Crippen LogP contribution is 2.14. The van der Waals surface area contributed by atoms with Crippen molar-refractivity contribution in [3.8, 4) is 0 Å². The number of aldehydes is 1. The van der Waals surface area contributed by atoms with Gasteiger partial charge in [0.25, 0.3) is 0 Å². The van der Waals surface area contributed by atoms with Gasteiger partial charge in [0.05, 0.1) is 0 Å². The van der Waals surface area contributed by atoms with Crippen LogP contribution in [-0.4, -0.2) is 53.0 Å². The molecule has 0 spiro atoms. The Morgan fingerprint density at radius 3 is 1.92 bits per heavy atom. The molecule has 9 N–H and O–H groups in total. The van der Waals surface area contributed by atoms with Crippen molar-refractivity contribution in [3.05, 3.63) is 29.8 Å². The minimum atomic E-state index is -0.933. The van der Waals surface area contributed by atoms with Crippen LogP contribution in [-0.2, 0) is 14.4 Å². The Balaban J connectivity index is 0. The van der Waals surface area contributed by atoms with E-state index >= 15 is 0 Å². The molecule has 0 bridgehead atoms. The second kappa shape index (κ2) is 24.9. The number of hydrogen-bond acceptors (Lipinski definition) is 7. The molecule has 1 aromatic rings. The first kappa shape index (κ1) is 36.3. The zero-order valence-corrected chi connectivity index (χ0v) is 22.5. The maximum atomic E-state index is 11.2. The monoisotopic (exact) mass is 524 g/mol. The van der Waals surface area contributed by atoms with Gasteiger partial charge in [-0.25, -0.2) is 0 Å². The summed E-state index contributed by atoms with van der Waals surface area (Å²) in [6.45, 7) is 4.40. The van der Waals surface area contributed by atoms with E-state index in [1.54, 1.807) is 24.3 Å². The van der Waals surface area contributed by atoms with Crippen molar-refractivity contribution < 1.29 is 29.4 Å². The fraction of sp³-hybridized carbons (Fsp3) is 0.630. The van der Waals surface area contributed by atoms with Gasteiger partial charge in [-0.2, -0.15) is 0 Å². The maximum Gasteiger partial charge on any atom is 0.320 e. The summed E-state index contributed by atoms with van der Waals surface area (Å²) in [5, 5.41) is 19.0. The Morgan fingerprint density at radius 2 is 1.57 bits per heavy atom. The SMILES string of the molecule is CCCC(=O)Nc1ccc(C=O)cc1.CCCC(=O)O.NC1CCCCC1.NCCCC[C@H](N)C(=O)O. The van der Waals surface area contributed by atoms with Crippen molar-refractivity contribution in [2.45, 2.75) is 103 Å². The predicted molar refractivity (Wildman–Crippen MR) is 147 cm³/mol. The van der Waals surface area contributed by atoms with Gasteiger partial charge in [-0.05, 0) is 69.3 Å². The Kier molecular flexibility index (Phi) is 24.4. The van der Waals surface area contributed by atoms with E-state index in [0.29, 0.717) is 37.4 Å². The van der Waals surface area contributed by atoms with E-state index in [0.717, 1.165) is 37.7 Å². The summed E-state index contributed by atoms with van der Waals surface area (Å²) in [5.74, 6) is -1.64. The molecule has 1 aromatic carbocycles. The van der Waals surface area contributed by atoms with Crippen LogP contribution in [0, 0.1) is 0 Å². The largest absolute Gasteiger partial charge is 0.481 e. The highest BCUT2D eigenvalue weighted by Gasteiger charge is 2.09. The van der Waals surface area contributed by atoms with Crippen molar-refractivity contribution in [1.29, 1.82) is 0 Å². The first-order valence-corrected chi connectivity index (χ1v) is 13.1. The summed E-state index contributed by atoms with van der Waals surface area (Å²) >= 11 is 0. The molecule has 0 saturated heterocycles. The standard InChI is InChI=1S/C11H13NO2.C6H14N2O2.C6H13N.C4H8O2/c1-2-3-11(14)12-10-6-4-9(8-13)5-7-10;7-4-2-1-3-5(8)6(9)10;7-6-4-2-1-3-5-6;1-2-3-4(5)6/h4-8H,2-3H2,1H3,(H,12,14);5H,1-4,7-8H2,(H,9,10);6H,1-5,7H2;2-3H2,1H3,(H,5,6)/t;5-;;/m.0../s1. The number of benzene rings is 1. The smallest absolute Gasteiger partial charge is 0.320 e. The number of aliphatic carboxylic acids is 2. The third-order valence-corrected chi connectivity index (χ3v) is 5.21. The van der Waals surface area contributed by atoms with E-state index in [1.165, 1.54) is 32.1 Å². The van der Waals surface area contributed by atoms with Crippen molar-refractivity contribution in [2.75, 3.05) is 11.9 Å². The summed E-state index contributed by atoms with van der Waals surface area (Å²) in [5.41, 5.74) is 17.4. The Morgan fingerprint density at radius 1 is 1.00 bits per heavy atom. The van der Waals surface area contributed by atoms with Crippen molar-refractivity contribution >= 4 is 29.8 Å². The molecule has 1 aliphatic carbocycles. The molecule has 0 aromatic heterocycles. The van der Waals surface area contributed by atoms with Crippen LogP contribution in [0.2, 0.25) is 0 Å². The Hall–Kier alpha value is -2.82. The first-order chi connectivity index (χ1) is 17.6. The number of rotatable bonds is 11. The van der Waals surface area contributed by atoms with Crippen molar-refractivity contribution in [3.63, 3.8) is 0 Å². The normalized spacial score (nSPS) is 13.2. The van der Waals surface area contributed by atoms with Gasteiger partial charge in [-0.1, -0.05) is 39.5 Å². The van der Waals surface area contributed by atoms with Crippen LogP contribution in [0.4, 0.5) is 5.69 Å². The van der Waals surface area contributed by atoms with Gasteiger partial charge in [-0.3, -0.25) is 19.2 Å². The summed E-state index contributed by atoms with van der Waals surface area (Å²) in [6, 6.07) is 6.61. The van der Waals surface area contributed by atoms with Gasteiger partial charge < -0.3 is 32.7 Å². The molecule has 0 radical (unpaired) electrons. The second-order valence-electron chi connectivity index (χ2n) is 8.81. The number of carbonyl (C=O) groups is 4. The van der Waals surface area contributed by atoms with Crippen LogP contribution in [0.25, 0.3) is 0 Å². The Bertz CT molecular complexity index is 737. The highest BCUT2D eigenvalue weighted by molar-refractivity contribution is 5.91. The lowest BCUT2D eigenvalue weighted by Crippen LogP contribution is -2.29. The topological polar surface area (TPSA) is 199 Å². The lowest BCUT2D eigenvalue weighted by Gasteiger charge is -2.15. The quantitative estimate of drug-likeness (QED) is 0.183. The van der Waals surface area contributed by atoms with Crippen LogP contribution >= 0.6 is 0 Å². The number of unbranched alkanes of at least 4 members (excludes halogenated alkanes) is 1. The summed E-state index contributed by atoms with van der Waals surface area (Å²) in [6.07, 6.45) is 12.0. The average Bonchev–Trinajstić information content (AvgIpc) is 2.86. The number of carboxylic acid groups (broad SMARTS) is 2. The van der Waals surface area contributed by atoms with Crippen LogP contribution in [0.3, 0.4) is 0 Å². The molecule has 2 rings (SSSR count). The minimum absolute atomic E-state index is 0.00588. The summed E-state index contributed by atoms with van der Waals surface area (Å²) in [4.78, 5) is 41.3. The van der Waals surface area contributed by atoms with E-state index in [9.17, 15) is 19.2 Å². The number of hydrogen-bond donors (Lipinski definition) is 6. The number of nitrogens with one attached hydrogen (secondary N) is 1. The highest BCUT2D eigenvalue weighted by atomic mass is 16.4. The third kappa shape index (κ3) is 24.6. The van der Waals surface area contributed by atoms with Gasteiger partial charge >= 0.3 is 11.9 Å². The van der Waals surface area contributed by atoms with Crippen LogP contribution in [0.5, 0.6) is 0 Å². The molecule has 1 saturated carbocycles. The van der Waals surface area contributed by atoms with Crippen molar-refractivity contribution in [1.82, 2.24) is 0 Å². The summed E-state index contributed by atoms with van der Waals surface area (Å²) in [7, 11) is 0. The molecule has 212 valence electrons. The summed E-state index contributed by atoms with van der Waals surface area (Å²) < 4.78 is 0. The lowest BCUT2D eigenvalue weighted by atomic mass is 9.97. The fourth-order valence-corrected chi connectivity index (χ4v) is 3.08. The Labute approximate surface area is 221 Å². The molecule has 10 nitrogen and oxygen atoms in total. The maximum absolute atomic E-state index is 11.2. The zero-order valence-electron chi connectivity index (χ0n) is 22.5. The van der Waals surface area contributed by atoms with Crippen LogP contribution in [0.15, 0.2) is 24.3 Å². The molecular weight excluding hydrogens is 476 g/mol. The molecule has 0 aliphatic heterocycles. The molecular formula is C27H48N4O6. The molecule has 1 aliphatic rings. The molecule has 0 unspecified atom stereocenters. The van der Waals surface area contributed by atoms with Gasteiger partial charge in [0.15, 0.2) is 0 Å². The van der Waals surface area contributed by atoms with E-state index in [1.807, 2.05) is 13.8 Å². The molecule has 1 amide bonds. The number of amides is 1. The van der Waals surface area contributed by atoms with Crippen LogP contribution < -0.4 is 22.5 Å². The number of carboxylic acids is 2. The average molecular weight is 525 g/mol. The molecule has 1 fully saturated rings. The van der Waals surface area contributed by atoms with E-state index in [4.69, 9.17) is 27.4 Å². The fourth-order valence-electron chi connectivity index (χ4n) is 3.08. The van der Waals surface area contributed by atoms with Gasteiger partial charge in [-0.15, -0.1) is 0 Å². The number of anilines is 1. The first-order valence-electron chi connectivity index (χ1n) is 13.1. The van der Waals surface area contributed by atoms with E-state index in [2.05, 4.69) is 5.32 Å². The van der Waals surface area contributed by atoms with Crippen LogP contribution in [0.1, 0.15) is 101 Å². The second-order valence-corrected chi connectivity index (χ2v) is 8.81. The zero-order chi connectivity index (χ0) is 28.5. The minimum Gasteiger partial charge on any atom is -0.481 e. The van der Waals surface area contributed by atoms with Gasteiger partial charge in [0.2, 0.25) is 5.91 Å². The molecule has 0 heterocycles. The van der Waals surface area contributed by atoms with Gasteiger partial charge in [0, 0.05) is 30.1 Å². The van der Waals surface area contributed by atoms with Crippen molar-refractivity contribution in [2.24, 2.45) is 17.2 Å². The molecule has 10 heteroatoms.